The van der Waals surface area contributed by atoms with E-state index >= 15 is 0 Å². The third-order valence-electron chi connectivity index (χ3n) is 2.69. The van der Waals surface area contributed by atoms with Gasteiger partial charge in [0.25, 0.3) is 0 Å². The number of anilines is 2. The van der Waals surface area contributed by atoms with Crippen molar-refractivity contribution in [3.63, 3.8) is 0 Å². The minimum absolute atomic E-state index is 0.130. The molecule has 110 valence electrons. The normalized spacial score (nSPS) is 10.4. The molecule has 0 aromatic heterocycles. The van der Waals surface area contributed by atoms with Crippen molar-refractivity contribution < 1.29 is 4.79 Å². The lowest BCUT2D eigenvalue weighted by atomic mass is 10.2. The number of carbonyl (C=O) groups is 1. The van der Waals surface area contributed by atoms with Crippen molar-refractivity contribution in [2.24, 2.45) is 0 Å². The maximum Gasteiger partial charge on any atom is 0.225 e. The van der Waals surface area contributed by atoms with Crippen molar-refractivity contribution in [3.05, 3.63) is 52.5 Å². The van der Waals surface area contributed by atoms with Crippen LogP contribution >= 0.6 is 35.0 Å². The standard InChI is InChI=1S/C15H14Cl2N2OS/c16-10-8-12(17)15(13(18)9-10)19-14(20)6-7-21-11-4-2-1-3-5-11/h1-5,8-9H,6-7,18H2,(H,19,20). The van der Waals surface area contributed by atoms with Gasteiger partial charge >= 0.3 is 0 Å². The number of hydrogen-bond donors (Lipinski definition) is 2. The number of benzene rings is 2. The molecule has 1 amide bonds. The highest BCUT2D eigenvalue weighted by Gasteiger charge is 2.10. The molecule has 0 spiro atoms. The maximum atomic E-state index is 11.9. The van der Waals surface area contributed by atoms with Crippen LogP contribution in [0.2, 0.25) is 10.0 Å². The molecule has 2 aromatic rings. The first kappa shape index (κ1) is 16.0. The molecule has 21 heavy (non-hydrogen) atoms. The van der Waals surface area contributed by atoms with Gasteiger partial charge in [0, 0.05) is 22.1 Å². The molecule has 0 unspecified atom stereocenters. The van der Waals surface area contributed by atoms with E-state index in [9.17, 15) is 4.79 Å². The Labute approximate surface area is 137 Å². The largest absolute Gasteiger partial charge is 0.397 e. The van der Waals surface area contributed by atoms with Crippen LogP contribution in [0.5, 0.6) is 0 Å². The zero-order valence-corrected chi connectivity index (χ0v) is 13.4. The molecule has 3 nitrogen and oxygen atoms in total. The van der Waals surface area contributed by atoms with Crippen molar-refractivity contribution >= 4 is 52.2 Å². The van der Waals surface area contributed by atoms with E-state index in [1.165, 1.54) is 0 Å². The smallest absolute Gasteiger partial charge is 0.225 e. The molecule has 0 aliphatic carbocycles. The van der Waals surface area contributed by atoms with E-state index in [1.807, 2.05) is 30.3 Å². The number of nitrogen functional groups attached to an aromatic ring is 1. The highest BCUT2D eigenvalue weighted by molar-refractivity contribution is 7.99. The summed E-state index contributed by atoms with van der Waals surface area (Å²) in [4.78, 5) is 13.1. The van der Waals surface area contributed by atoms with Crippen LogP contribution in [0.1, 0.15) is 6.42 Å². The zero-order chi connectivity index (χ0) is 15.2. The predicted molar refractivity (Wildman–Crippen MR) is 91.3 cm³/mol. The Hall–Kier alpha value is -1.36. The Morgan fingerprint density at radius 2 is 1.90 bits per heavy atom. The Morgan fingerprint density at radius 3 is 2.57 bits per heavy atom. The fourth-order valence-corrected chi connectivity index (χ4v) is 3.13. The van der Waals surface area contributed by atoms with Gasteiger partial charge in [-0.25, -0.2) is 0 Å². The molecule has 2 rings (SSSR count). The topological polar surface area (TPSA) is 55.1 Å². The van der Waals surface area contributed by atoms with Crippen LogP contribution in [0.3, 0.4) is 0 Å². The highest BCUT2D eigenvalue weighted by atomic mass is 35.5. The third kappa shape index (κ3) is 4.84. The Morgan fingerprint density at radius 1 is 1.19 bits per heavy atom. The van der Waals surface area contributed by atoms with Crippen molar-refractivity contribution in [1.82, 2.24) is 0 Å². The summed E-state index contributed by atoms with van der Waals surface area (Å²) in [6.07, 6.45) is 0.373. The van der Waals surface area contributed by atoms with Crippen molar-refractivity contribution in [3.8, 4) is 0 Å². The van der Waals surface area contributed by atoms with E-state index in [2.05, 4.69) is 5.32 Å². The van der Waals surface area contributed by atoms with Gasteiger partial charge in [-0.2, -0.15) is 0 Å². The van der Waals surface area contributed by atoms with Crippen LogP contribution in [0.25, 0.3) is 0 Å². The Bertz CT molecular complexity index is 612. The summed E-state index contributed by atoms with van der Waals surface area (Å²) >= 11 is 13.5. The fourth-order valence-electron chi connectivity index (χ4n) is 1.71. The number of amides is 1. The maximum absolute atomic E-state index is 11.9. The van der Waals surface area contributed by atoms with E-state index in [1.54, 1.807) is 23.9 Å². The molecule has 3 N–H and O–H groups in total. The zero-order valence-electron chi connectivity index (χ0n) is 11.1. The van der Waals surface area contributed by atoms with Gasteiger partial charge in [0.05, 0.1) is 16.4 Å². The molecule has 0 saturated carbocycles. The molecule has 0 radical (unpaired) electrons. The molecule has 0 atom stereocenters. The fraction of sp³-hybridized carbons (Fsp3) is 0.133. The average molecular weight is 341 g/mol. The predicted octanol–water partition coefficient (Wildman–Crippen LogP) is 4.70. The van der Waals surface area contributed by atoms with Crippen molar-refractivity contribution in [1.29, 1.82) is 0 Å². The second kappa shape index (κ2) is 7.59. The Balaban J connectivity index is 1.88. The molecule has 2 aromatic carbocycles. The molecule has 0 fully saturated rings. The van der Waals surface area contributed by atoms with Gasteiger partial charge in [-0.05, 0) is 24.3 Å². The summed E-state index contributed by atoms with van der Waals surface area (Å²) in [6.45, 7) is 0. The SMILES string of the molecule is Nc1cc(Cl)cc(Cl)c1NC(=O)CCSc1ccccc1. The van der Waals surface area contributed by atoms with E-state index in [4.69, 9.17) is 28.9 Å². The van der Waals surface area contributed by atoms with Crippen LogP contribution in [-0.4, -0.2) is 11.7 Å². The summed E-state index contributed by atoms with van der Waals surface area (Å²) in [6, 6.07) is 13.0. The lowest BCUT2D eigenvalue weighted by Gasteiger charge is -2.10. The minimum Gasteiger partial charge on any atom is -0.397 e. The molecule has 6 heteroatoms. The lowest BCUT2D eigenvalue weighted by Crippen LogP contribution is -2.14. The van der Waals surface area contributed by atoms with E-state index in [0.717, 1.165) is 4.90 Å². The first-order chi connectivity index (χ1) is 10.1. The second-order valence-electron chi connectivity index (χ2n) is 4.31. The van der Waals surface area contributed by atoms with Gasteiger partial charge < -0.3 is 11.1 Å². The van der Waals surface area contributed by atoms with E-state index in [0.29, 0.717) is 33.6 Å². The number of halogens is 2. The number of rotatable bonds is 5. The van der Waals surface area contributed by atoms with Gasteiger partial charge in [0.2, 0.25) is 5.91 Å². The van der Waals surface area contributed by atoms with Crippen LogP contribution in [0, 0.1) is 0 Å². The molecule has 0 saturated heterocycles. The monoisotopic (exact) mass is 340 g/mol. The molecule has 0 aliphatic heterocycles. The molecular formula is C15H14Cl2N2OS. The minimum atomic E-state index is -0.130. The number of nitrogens with one attached hydrogen (secondary N) is 1. The summed E-state index contributed by atoms with van der Waals surface area (Å²) in [7, 11) is 0. The summed E-state index contributed by atoms with van der Waals surface area (Å²) in [5.74, 6) is 0.551. The average Bonchev–Trinajstić information content (AvgIpc) is 2.44. The molecule has 0 heterocycles. The number of hydrogen-bond acceptors (Lipinski definition) is 3. The van der Waals surface area contributed by atoms with E-state index < -0.39 is 0 Å². The van der Waals surface area contributed by atoms with Crippen LogP contribution in [0.15, 0.2) is 47.4 Å². The number of nitrogens with two attached hydrogens (primary N) is 1. The first-order valence-corrected chi connectivity index (χ1v) is 8.02. The van der Waals surface area contributed by atoms with Crippen LogP contribution < -0.4 is 11.1 Å². The number of carbonyl (C=O) groups excluding carboxylic acids is 1. The summed E-state index contributed by atoms with van der Waals surface area (Å²) < 4.78 is 0. The second-order valence-corrected chi connectivity index (χ2v) is 6.32. The van der Waals surface area contributed by atoms with Gasteiger partial charge in [0.1, 0.15) is 0 Å². The van der Waals surface area contributed by atoms with Gasteiger partial charge in [-0.3, -0.25) is 4.79 Å². The highest BCUT2D eigenvalue weighted by Crippen LogP contribution is 2.32. The van der Waals surface area contributed by atoms with Gasteiger partial charge in [0.15, 0.2) is 0 Å². The van der Waals surface area contributed by atoms with Crippen molar-refractivity contribution in [2.75, 3.05) is 16.8 Å². The Kier molecular flexibility index (Phi) is 5.79. The molecule has 0 bridgehead atoms. The van der Waals surface area contributed by atoms with Crippen molar-refractivity contribution in [2.45, 2.75) is 11.3 Å². The van der Waals surface area contributed by atoms with E-state index in [-0.39, 0.29) is 5.91 Å². The first-order valence-electron chi connectivity index (χ1n) is 6.28. The van der Waals surface area contributed by atoms with Crippen LogP contribution in [0.4, 0.5) is 11.4 Å². The third-order valence-corrected chi connectivity index (χ3v) is 4.22. The van der Waals surface area contributed by atoms with Crippen LogP contribution in [-0.2, 0) is 4.79 Å². The quantitative estimate of drug-likeness (QED) is 0.612. The molecular weight excluding hydrogens is 327 g/mol. The summed E-state index contributed by atoms with van der Waals surface area (Å²) in [5.41, 5.74) is 6.57. The lowest BCUT2D eigenvalue weighted by molar-refractivity contribution is -0.115. The number of thioether (sulfide) groups is 1. The molecule has 0 aliphatic rings. The van der Waals surface area contributed by atoms with Gasteiger partial charge in [-0.15, -0.1) is 11.8 Å². The summed E-state index contributed by atoms with van der Waals surface area (Å²) in [5, 5.41) is 3.50. The van der Waals surface area contributed by atoms with Gasteiger partial charge in [-0.1, -0.05) is 41.4 Å².